The first-order valence-electron chi connectivity index (χ1n) is 5.24. The molecule has 2 aromatic rings. The van der Waals surface area contributed by atoms with Gasteiger partial charge in [0.25, 0.3) is 0 Å². The van der Waals surface area contributed by atoms with Gasteiger partial charge in [0.05, 0.1) is 15.2 Å². The summed E-state index contributed by atoms with van der Waals surface area (Å²) in [7, 11) is 0. The van der Waals surface area contributed by atoms with Gasteiger partial charge < -0.3 is 10.4 Å². The molecular formula is C13H10BrClFNO. The lowest BCUT2D eigenvalue weighted by Crippen LogP contribution is -2.02. The molecule has 0 saturated heterocycles. The van der Waals surface area contributed by atoms with Gasteiger partial charge >= 0.3 is 0 Å². The summed E-state index contributed by atoms with van der Waals surface area (Å²) in [6, 6.07) is 9.75. The van der Waals surface area contributed by atoms with Crippen LogP contribution in [0.25, 0.3) is 0 Å². The molecule has 2 aromatic carbocycles. The first-order valence-corrected chi connectivity index (χ1v) is 6.41. The molecule has 0 radical (unpaired) electrons. The topological polar surface area (TPSA) is 32.3 Å². The van der Waals surface area contributed by atoms with Crippen molar-refractivity contribution in [3.05, 3.63) is 57.3 Å². The number of hydrogen-bond donors (Lipinski definition) is 2. The van der Waals surface area contributed by atoms with Crippen molar-refractivity contribution >= 4 is 33.2 Å². The highest BCUT2D eigenvalue weighted by Crippen LogP contribution is 2.30. The summed E-state index contributed by atoms with van der Waals surface area (Å²) in [5.74, 6) is -0.283. The maximum atomic E-state index is 13.5. The van der Waals surface area contributed by atoms with Gasteiger partial charge in [-0.1, -0.05) is 29.8 Å². The first-order chi connectivity index (χ1) is 8.59. The summed E-state index contributed by atoms with van der Waals surface area (Å²) in [4.78, 5) is 0. The SMILES string of the molecule is Oc1c(Br)cccc1CNc1c(F)cccc1Cl. The molecule has 2 rings (SSSR count). The van der Waals surface area contributed by atoms with Gasteiger partial charge in [0, 0.05) is 12.1 Å². The van der Waals surface area contributed by atoms with Crippen LogP contribution in [-0.4, -0.2) is 5.11 Å². The van der Waals surface area contributed by atoms with Crippen molar-refractivity contribution in [2.45, 2.75) is 6.54 Å². The van der Waals surface area contributed by atoms with E-state index in [1.54, 1.807) is 30.3 Å². The zero-order chi connectivity index (χ0) is 13.1. The smallest absolute Gasteiger partial charge is 0.147 e. The molecule has 0 aliphatic rings. The minimum atomic E-state index is -0.419. The van der Waals surface area contributed by atoms with Gasteiger partial charge in [0.15, 0.2) is 0 Å². The molecule has 18 heavy (non-hydrogen) atoms. The number of benzene rings is 2. The van der Waals surface area contributed by atoms with Crippen LogP contribution in [0.3, 0.4) is 0 Å². The minimum absolute atomic E-state index is 0.137. The van der Waals surface area contributed by atoms with E-state index in [-0.39, 0.29) is 18.0 Å². The second-order valence-corrected chi connectivity index (χ2v) is 4.96. The van der Waals surface area contributed by atoms with Crippen LogP contribution >= 0.6 is 27.5 Å². The molecule has 0 heterocycles. The number of anilines is 1. The van der Waals surface area contributed by atoms with E-state index in [4.69, 9.17) is 11.6 Å². The van der Waals surface area contributed by atoms with E-state index in [2.05, 4.69) is 21.2 Å². The molecule has 0 unspecified atom stereocenters. The van der Waals surface area contributed by atoms with Gasteiger partial charge in [-0.15, -0.1) is 0 Å². The van der Waals surface area contributed by atoms with Crippen LogP contribution in [0.15, 0.2) is 40.9 Å². The third-order valence-electron chi connectivity index (χ3n) is 2.49. The summed E-state index contributed by atoms with van der Waals surface area (Å²) >= 11 is 9.12. The number of halogens is 3. The van der Waals surface area contributed by atoms with Crippen LogP contribution < -0.4 is 5.32 Å². The molecular weight excluding hydrogens is 321 g/mol. The normalized spacial score (nSPS) is 10.4. The second kappa shape index (κ2) is 5.59. The Balaban J connectivity index is 2.19. The maximum absolute atomic E-state index is 13.5. The fraction of sp³-hybridized carbons (Fsp3) is 0.0769. The van der Waals surface area contributed by atoms with E-state index in [1.165, 1.54) is 6.07 Å². The van der Waals surface area contributed by atoms with Gasteiger partial charge in [-0.2, -0.15) is 0 Å². The summed E-state index contributed by atoms with van der Waals surface area (Å²) in [5.41, 5.74) is 0.891. The molecule has 0 fully saturated rings. The van der Waals surface area contributed by atoms with Gasteiger partial charge in [-0.25, -0.2) is 4.39 Å². The van der Waals surface area contributed by atoms with Gasteiger partial charge in [-0.3, -0.25) is 0 Å². The highest BCUT2D eigenvalue weighted by atomic mass is 79.9. The predicted molar refractivity (Wildman–Crippen MR) is 74.5 cm³/mol. The van der Waals surface area contributed by atoms with Crippen molar-refractivity contribution in [2.24, 2.45) is 0 Å². The van der Waals surface area contributed by atoms with E-state index in [9.17, 15) is 9.50 Å². The first kappa shape index (κ1) is 13.2. The van der Waals surface area contributed by atoms with Crippen LogP contribution in [0.4, 0.5) is 10.1 Å². The molecule has 0 aromatic heterocycles. The van der Waals surface area contributed by atoms with E-state index in [1.807, 2.05) is 0 Å². The summed E-state index contributed by atoms with van der Waals surface area (Å²) in [6.07, 6.45) is 0. The van der Waals surface area contributed by atoms with Crippen molar-refractivity contribution in [1.29, 1.82) is 0 Å². The lowest BCUT2D eigenvalue weighted by molar-refractivity contribution is 0.465. The van der Waals surface area contributed by atoms with E-state index >= 15 is 0 Å². The summed E-state index contributed by atoms with van der Waals surface area (Å²) in [6.45, 7) is 0.284. The Morgan fingerprint density at radius 1 is 1.22 bits per heavy atom. The Kier molecular flexibility index (Phi) is 4.09. The minimum Gasteiger partial charge on any atom is -0.506 e. The molecule has 0 aliphatic heterocycles. The fourth-order valence-electron chi connectivity index (χ4n) is 1.55. The predicted octanol–water partition coefficient (Wildman–Crippen LogP) is 4.56. The van der Waals surface area contributed by atoms with Crippen LogP contribution in [-0.2, 0) is 6.54 Å². The summed E-state index contributed by atoms with van der Waals surface area (Å²) < 4.78 is 14.1. The standard InChI is InChI=1S/C13H10BrClFNO/c14-9-4-1-3-8(13(9)18)7-17-12-10(15)5-2-6-11(12)16/h1-6,17-18H,7H2. The summed E-state index contributed by atoms with van der Waals surface area (Å²) in [5, 5.41) is 13.0. The molecule has 2 nitrogen and oxygen atoms in total. The number of nitrogens with one attached hydrogen (secondary N) is 1. The molecule has 0 aliphatic carbocycles. The van der Waals surface area contributed by atoms with Crippen molar-refractivity contribution in [3.63, 3.8) is 0 Å². The molecule has 0 bridgehead atoms. The number of aromatic hydroxyl groups is 1. The molecule has 0 amide bonds. The number of hydrogen-bond acceptors (Lipinski definition) is 2. The lowest BCUT2D eigenvalue weighted by Gasteiger charge is -2.11. The number of phenolic OH excluding ortho intramolecular Hbond substituents is 1. The Bertz CT molecular complexity index is 557. The Morgan fingerprint density at radius 3 is 2.67 bits per heavy atom. The van der Waals surface area contributed by atoms with Crippen molar-refractivity contribution in [2.75, 3.05) is 5.32 Å². The van der Waals surface area contributed by atoms with Gasteiger partial charge in [-0.05, 0) is 34.1 Å². The molecule has 94 valence electrons. The number of phenols is 1. The fourth-order valence-corrected chi connectivity index (χ4v) is 2.19. The maximum Gasteiger partial charge on any atom is 0.147 e. The van der Waals surface area contributed by atoms with Crippen molar-refractivity contribution < 1.29 is 9.50 Å². The van der Waals surface area contributed by atoms with Crippen LogP contribution in [0, 0.1) is 5.82 Å². The zero-order valence-electron chi connectivity index (χ0n) is 9.25. The highest BCUT2D eigenvalue weighted by molar-refractivity contribution is 9.10. The largest absolute Gasteiger partial charge is 0.506 e. The molecule has 0 spiro atoms. The van der Waals surface area contributed by atoms with Crippen molar-refractivity contribution in [1.82, 2.24) is 0 Å². The van der Waals surface area contributed by atoms with Crippen LogP contribution in [0.2, 0.25) is 5.02 Å². The average molecular weight is 331 g/mol. The quantitative estimate of drug-likeness (QED) is 0.864. The van der Waals surface area contributed by atoms with Crippen LogP contribution in [0.5, 0.6) is 5.75 Å². The zero-order valence-corrected chi connectivity index (χ0v) is 11.6. The third kappa shape index (κ3) is 2.76. The molecule has 0 atom stereocenters. The highest BCUT2D eigenvalue weighted by Gasteiger charge is 2.08. The van der Waals surface area contributed by atoms with Crippen LogP contribution in [0.1, 0.15) is 5.56 Å². The Hall–Kier alpha value is -1.26. The van der Waals surface area contributed by atoms with Gasteiger partial charge in [0.2, 0.25) is 0 Å². The number of para-hydroxylation sites is 2. The van der Waals surface area contributed by atoms with Crippen molar-refractivity contribution in [3.8, 4) is 5.75 Å². The molecule has 0 saturated carbocycles. The average Bonchev–Trinajstić information content (AvgIpc) is 2.33. The number of rotatable bonds is 3. The van der Waals surface area contributed by atoms with Gasteiger partial charge in [0.1, 0.15) is 11.6 Å². The molecule has 5 heteroatoms. The molecule has 2 N–H and O–H groups in total. The van der Waals surface area contributed by atoms with E-state index in [0.29, 0.717) is 15.1 Å². The Labute approximate surface area is 118 Å². The van der Waals surface area contributed by atoms with E-state index < -0.39 is 5.82 Å². The second-order valence-electron chi connectivity index (χ2n) is 3.70. The van der Waals surface area contributed by atoms with E-state index in [0.717, 1.165) is 0 Å². The third-order valence-corrected chi connectivity index (χ3v) is 3.44. The lowest BCUT2D eigenvalue weighted by atomic mass is 10.2. The Morgan fingerprint density at radius 2 is 1.94 bits per heavy atom. The monoisotopic (exact) mass is 329 g/mol.